The van der Waals surface area contributed by atoms with Crippen molar-refractivity contribution in [1.29, 1.82) is 0 Å². The third-order valence-electron chi connectivity index (χ3n) is 3.09. The van der Waals surface area contributed by atoms with Gasteiger partial charge in [-0.2, -0.15) is 0 Å². The molecule has 1 aromatic heterocycles. The molecule has 1 heterocycles. The summed E-state index contributed by atoms with van der Waals surface area (Å²) in [6, 6.07) is 6.34. The van der Waals surface area contributed by atoms with E-state index in [-0.39, 0.29) is 18.2 Å². The zero-order chi connectivity index (χ0) is 16.7. The van der Waals surface area contributed by atoms with E-state index in [1.807, 2.05) is 0 Å². The van der Waals surface area contributed by atoms with Crippen LogP contribution in [0.5, 0.6) is 0 Å². The number of carbonyl (C=O) groups excluding carboxylic acids is 1. The van der Waals surface area contributed by atoms with Gasteiger partial charge in [0.2, 0.25) is 5.76 Å². The maximum Gasteiger partial charge on any atom is 0.373 e. The van der Waals surface area contributed by atoms with Crippen LogP contribution in [0.2, 0.25) is 0 Å². The summed E-state index contributed by atoms with van der Waals surface area (Å²) in [6.07, 6.45) is 5.86. The molecule has 2 aromatic rings. The molecule has 0 fully saturated rings. The molecule has 0 aliphatic heterocycles. The number of carbonyl (C=O) groups is 1. The second-order valence-electron chi connectivity index (χ2n) is 4.83. The summed E-state index contributed by atoms with van der Waals surface area (Å²) >= 11 is 0. The second-order valence-corrected chi connectivity index (χ2v) is 4.83. The number of aromatic nitrogens is 2. The topological polar surface area (TPSA) is 72.3 Å². The molecule has 0 radical (unpaired) electrons. The van der Waals surface area contributed by atoms with Crippen molar-refractivity contribution in [3.05, 3.63) is 65.2 Å². The van der Waals surface area contributed by atoms with Gasteiger partial charge in [0.1, 0.15) is 5.82 Å². The van der Waals surface area contributed by atoms with E-state index in [1.165, 1.54) is 12.1 Å². The molecular formula is C17H17FN2O3. The van der Waals surface area contributed by atoms with Crippen molar-refractivity contribution in [3.8, 4) is 0 Å². The van der Waals surface area contributed by atoms with Crippen molar-refractivity contribution in [2.45, 2.75) is 19.8 Å². The average Bonchev–Trinajstić information content (AvgIpc) is 2.56. The Kier molecular flexibility index (Phi) is 5.80. The molecule has 1 N–H and O–H groups in total. The highest BCUT2D eigenvalue weighted by Gasteiger charge is 2.09. The SMILES string of the molecule is CCOC(=O)/C(O)=C/c1ncc(CCc2ccc(F)cc2)cn1. The fourth-order valence-electron chi connectivity index (χ4n) is 1.89. The van der Waals surface area contributed by atoms with Gasteiger partial charge in [-0.1, -0.05) is 12.1 Å². The highest BCUT2D eigenvalue weighted by atomic mass is 19.1. The van der Waals surface area contributed by atoms with Crippen LogP contribution in [0.1, 0.15) is 23.9 Å². The van der Waals surface area contributed by atoms with Crippen LogP contribution in [0, 0.1) is 5.82 Å². The average molecular weight is 316 g/mol. The molecule has 0 aliphatic carbocycles. The molecule has 0 spiro atoms. The molecule has 0 saturated carbocycles. The van der Waals surface area contributed by atoms with Crippen molar-refractivity contribution >= 4 is 12.0 Å². The highest BCUT2D eigenvalue weighted by molar-refractivity contribution is 5.90. The van der Waals surface area contributed by atoms with Crippen LogP contribution < -0.4 is 0 Å². The minimum atomic E-state index is -0.809. The summed E-state index contributed by atoms with van der Waals surface area (Å²) in [5.41, 5.74) is 1.93. The standard InChI is InChI=1S/C17H17FN2O3/c1-2-23-17(22)15(21)9-16-19-10-13(11-20-16)4-3-12-5-7-14(18)8-6-12/h5-11,21H,2-4H2,1H3/b15-9-. The second kappa shape index (κ2) is 8.03. The Bertz CT molecular complexity index is 682. The third kappa shape index (κ3) is 5.18. The number of benzene rings is 1. The van der Waals surface area contributed by atoms with Gasteiger partial charge < -0.3 is 9.84 Å². The minimum Gasteiger partial charge on any atom is -0.502 e. The molecule has 0 unspecified atom stereocenters. The molecule has 2 rings (SSSR count). The van der Waals surface area contributed by atoms with Gasteiger partial charge in [0.15, 0.2) is 5.82 Å². The van der Waals surface area contributed by atoms with E-state index in [2.05, 4.69) is 14.7 Å². The molecule has 6 heteroatoms. The van der Waals surface area contributed by atoms with Crippen LogP contribution in [-0.4, -0.2) is 27.7 Å². The van der Waals surface area contributed by atoms with E-state index in [1.54, 1.807) is 31.5 Å². The van der Waals surface area contributed by atoms with Gasteiger partial charge in [0.25, 0.3) is 0 Å². The molecule has 0 aliphatic rings. The van der Waals surface area contributed by atoms with Crippen LogP contribution in [0.4, 0.5) is 4.39 Å². The van der Waals surface area contributed by atoms with E-state index in [0.717, 1.165) is 23.6 Å². The smallest absolute Gasteiger partial charge is 0.373 e. The Morgan fingerprint density at radius 3 is 2.39 bits per heavy atom. The van der Waals surface area contributed by atoms with Gasteiger partial charge in [-0.05, 0) is 43.0 Å². The van der Waals surface area contributed by atoms with Crippen molar-refractivity contribution in [3.63, 3.8) is 0 Å². The first kappa shape index (κ1) is 16.6. The molecular weight excluding hydrogens is 299 g/mol. The monoisotopic (exact) mass is 316 g/mol. The number of esters is 1. The predicted octanol–water partition coefficient (Wildman–Crippen LogP) is 2.86. The lowest BCUT2D eigenvalue weighted by molar-refractivity contribution is -0.141. The zero-order valence-corrected chi connectivity index (χ0v) is 12.7. The fourth-order valence-corrected chi connectivity index (χ4v) is 1.89. The first-order chi connectivity index (χ1) is 11.1. The van der Waals surface area contributed by atoms with Crippen molar-refractivity contribution in [1.82, 2.24) is 9.97 Å². The molecule has 23 heavy (non-hydrogen) atoms. The number of nitrogens with zero attached hydrogens (tertiary/aromatic N) is 2. The zero-order valence-electron chi connectivity index (χ0n) is 12.7. The minimum absolute atomic E-state index is 0.180. The van der Waals surface area contributed by atoms with E-state index >= 15 is 0 Å². The summed E-state index contributed by atoms with van der Waals surface area (Å²) in [6.45, 7) is 1.83. The summed E-state index contributed by atoms with van der Waals surface area (Å²) in [5.74, 6) is -1.38. The number of aryl methyl sites for hydroxylation is 2. The largest absolute Gasteiger partial charge is 0.502 e. The van der Waals surface area contributed by atoms with Crippen molar-refractivity contribution in [2.24, 2.45) is 0 Å². The maximum atomic E-state index is 12.8. The Balaban J connectivity index is 1.95. The fraction of sp³-hybridized carbons (Fsp3) is 0.235. The van der Waals surface area contributed by atoms with Gasteiger partial charge in [-0.3, -0.25) is 0 Å². The molecule has 0 bridgehead atoms. The van der Waals surface area contributed by atoms with Crippen molar-refractivity contribution in [2.75, 3.05) is 6.61 Å². The number of hydrogen-bond acceptors (Lipinski definition) is 5. The maximum absolute atomic E-state index is 12.8. The van der Waals surface area contributed by atoms with Crippen molar-refractivity contribution < 1.29 is 19.0 Å². The quantitative estimate of drug-likeness (QED) is 0.504. The number of hydrogen-bond donors (Lipinski definition) is 1. The summed E-state index contributed by atoms with van der Waals surface area (Å²) < 4.78 is 17.5. The van der Waals surface area contributed by atoms with E-state index < -0.39 is 11.7 Å². The molecule has 5 nitrogen and oxygen atoms in total. The van der Waals surface area contributed by atoms with Crippen LogP contribution in [0.15, 0.2) is 42.4 Å². The number of halogens is 1. The number of rotatable bonds is 6. The van der Waals surface area contributed by atoms with Gasteiger partial charge in [0, 0.05) is 18.5 Å². The summed E-state index contributed by atoms with van der Waals surface area (Å²) in [5, 5.41) is 9.52. The molecule has 120 valence electrons. The van der Waals surface area contributed by atoms with Crippen LogP contribution in [0.3, 0.4) is 0 Å². The Morgan fingerprint density at radius 1 is 1.17 bits per heavy atom. The third-order valence-corrected chi connectivity index (χ3v) is 3.09. The van der Waals surface area contributed by atoms with E-state index in [0.29, 0.717) is 6.42 Å². The lowest BCUT2D eigenvalue weighted by atomic mass is 10.1. The number of aliphatic hydroxyl groups excluding tert-OH is 1. The lowest BCUT2D eigenvalue weighted by Gasteiger charge is -2.03. The van der Waals surface area contributed by atoms with Crippen LogP contribution >= 0.6 is 0 Å². The summed E-state index contributed by atoms with van der Waals surface area (Å²) in [7, 11) is 0. The number of aliphatic hydroxyl groups is 1. The van der Waals surface area contributed by atoms with E-state index in [4.69, 9.17) is 0 Å². The predicted molar refractivity (Wildman–Crippen MR) is 83.1 cm³/mol. The van der Waals surface area contributed by atoms with Gasteiger partial charge in [0.05, 0.1) is 6.61 Å². The normalized spacial score (nSPS) is 11.3. The van der Waals surface area contributed by atoms with Crippen LogP contribution in [0.25, 0.3) is 6.08 Å². The highest BCUT2D eigenvalue weighted by Crippen LogP contribution is 2.08. The van der Waals surface area contributed by atoms with Gasteiger partial charge in [-0.15, -0.1) is 0 Å². The molecule has 0 saturated heterocycles. The molecule has 0 amide bonds. The summed E-state index contributed by atoms with van der Waals surface area (Å²) in [4.78, 5) is 19.4. The molecule has 0 atom stereocenters. The Labute approximate surface area is 133 Å². The number of ether oxygens (including phenoxy) is 1. The van der Waals surface area contributed by atoms with Crippen LogP contribution in [-0.2, 0) is 22.4 Å². The first-order valence-corrected chi connectivity index (χ1v) is 7.21. The van der Waals surface area contributed by atoms with Gasteiger partial charge in [-0.25, -0.2) is 19.2 Å². The Morgan fingerprint density at radius 2 is 1.78 bits per heavy atom. The molecule has 1 aromatic carbocycles. The van der Waals surface area contributed by atoms with E-state index in [9.17, 15) is 14.3 Å². The van der Waals surface area contributed by atoms with Gasteiger partial charge >= 0.3 is 5.97 Å². The first-order valence-electron chi connectivity index (χ1n) is 7.21. The Hall–Kier alpha value is -2.76. The lowest BCUT2D eigenvalue weighted by Crippen LogP contribution is -2.07.